The van der Waals surface area contributed by atoms with Gasteiger partial charge in [0.1, 0.15) is 5.75 Å². The maximum Gasteiger partial charge on any atom is 0.283 e. The molecule has 8 heteroatoms. The van der Waals surface area contributed by atoms with E-state index in [-0.39, 0.29) is 5.91 Å². The van der Waals surface area contributed by atoms with Gasteiger partial charge in [0.2, 0.25) is 11.8 Å². The number of anilines is 1. The fourth-order valence-corrected chi connectivity index (χ4v) is 2.84. The molecule has 0 aliphatic rings. The molecule has 148 valence electrons. The summed E-state index contributed by atoms with van der Waals surface area (Å²) in [4.78, 5) is 14.8. The van der Waals surface area contributed by atoms with Crippen LogP contribution in [-0.2, 0) is 11.3 Å². The number of benzene rings is 1. The average Bonchev–Trinajstić information content (AvgIpc) is 3.39. The summed E-state index contributed by atoms with van der Waals surface area (Å²) in [6.07, 6.45) is 2.43. The largest absolute Gasteiger partial charge is 0.495 e. The van der Waals surface area contributed by atoms with Crippen molar-refractivity contribution in [3.05, 3.63) is 48.6 Å². The first-order chi connectivity index (χ1) is 13.6. The smallest absolute Gasteiger partial charge is 0.283 e. The summed E-state index contributed by atoms with van der Waals surface area (Å²) in [5.74, 6) is 1.75. The molecule has 0 fully saturated rings. The minimum absolute atomic E-state index is 0.135. The van der Waals surface area contributed by atoms with Gasteiger partial charge in [-0.1, -0.05) is 19.1 Å². The lowest BCUT2D eigenvalue weighted by Gasteiger charge is -2.26. The third kappa shape index (κ3) is 4.58. The molecule has 0 saturated heterocycles. The zero-order chi connectivity index (χ0) is 19.9. The van der Waals surface area contributed by atoms with Gasteiger partial charge in [-0.25, -0.2) is 0 Å². The van der Waals surface area contributed by atoms with Crippen LogP contribution in [-0.4, -0.2) is 40.7 Å². The Balaban J connectivity index is 1.69. The van der Waals surface area contributed by atoms with E-state index in [4.69, 9.17) is 13.6 Å². The molecule has 8 nitrogen and oxygen atoms in total. The van der Waals surface area contributed by atoms with Crippen LogP contribution in [0.25, 0.3) is 11.7 Å². The summed E-state index contributed by atoms with van der Waals surface area (Å²) in [5, 5.41) is 11.0. The van der Waals surface area contributed by atoms with Crippen LogP contribution < -0.4 is 10.1 Å². The fourth-order valence-electron chi connectivity index (χ4n) is 2.84. The second-order valence-electron chi connectivity index (χ2n) is 6.31. The highest BCUT2D eigenvalue weighted by Gasteiger charge is 2.24. The standard InChI is InChI=1S/C20H24N4O4/c1-4-11-24(13-18-22-23-20(28-18)17-10-7-12-27-17)14(2)19(25)21-15-8-5-6-9-16(15)26-3/h5-10,12,14H,4,11,13H2,1-3H3,(H,21,25)/t14-/m0/s1. The zero-order valence-corrected chi connectivity index (χ0v) is 16.2. The molecule has 3 aromatic rings. The monoisotopic (exact) mass is 384 g/mol. The maximum absolute atomic E-state index is 12.8. The number of amides is 1. The highest BCUT2D eigenvalue weighted by molar-refractivity contribution is 5.95. The van der Waals surface area contributed by atoms with Gasteiger partial charge in [0.15, 0.2) is 5.76 Å². The number of carbonyl (C=O) groups excluding carboxylic acids is 1. The number of carbonyl (C=O) groups is 1. The van der Waals surface area contributed by atoms with Crippen LogP contribution in [0.2, 0.25) is 0 Å². The van der Waals surface area contributed by atoms with Crippen molar-refractivity contribution >= 4 is 11.6 Å². The number of furan rings is 1. The van der Waals surface area contributed by atoms with E-state index in [1.807, 2.05) is 24.0 Å². The minimum atomic E-state index is -0.399. The molecule has 1 N–H and O–H groups in total. The lowest BCUT2D eigenvalue weighted by molar-refractivity contribution is -0.121. The van der Waals surface area contributed by atoms with Crippen LogP contribution in [0.4, 0.5) is 5.69 Å². The highest BCUT2D eigenvalue weighted by atomic mass is 16.5. The van der Waals surface area contributed by atoms with Gasteiger partial charge in [0.25, 0.3) is 5.89 Å². The Labute approximate surface area is 163 Å². The Hall–Kier alpha value is -3.13. The van der Waals surface area contributed by atoms with E-state index >= 15 is 0 Å². The van der Waals surface area contributed by atoms with Crippen LogP contribution in [0, 0.1) is 0 Å². The van der Waals surface area contributed by atoms with Crippen LogP contribution in [0.15, 0.2) is 51.5 Å². The molecule has 0 bridgehead atoms. The predicted molar refractivity (Wildman–Crippen MR) is 104 cm³/mol. The second-order valence-corrected chi connectivity index (χ2v) is 6.31. The van der Waals surface area contributed by atoms with E-state index < -0.39 is 6.04 Å². The molecular weight excluding hydrogens is 360 g/mol. The molecule has 0 aliphatic heterocycles. The molecule has 2 heterocycles. The van der Waals surface area contributed by atoms with E-state index in [2.05, 4.69) is 22.4 Å². The van der Waals surface area contributed by atoms with Crippen LogP contribution in [0.1, 0.15) is 26.2 Å². The van der Waals surface area contributed by atoms with Crippen molar-refractivity contribution in [1.29, 1.82) is 0 Å². The van der Waals surface area contributed by atoms with Gasteiger partial charge < -0.3 is 18.9 Å². The first-order valence-corrected chi connectivity index (χ1v) is 9.16. The molecule has 28 heavy (non-hydrogen) atoms. The molecule has 0 radical (unpaired) electrons. The van der Waals surface area contributed by atoms with Gasteiger partial charge in [-0.2, -0.15) is 0 Å². The molecule has 1 aromatic carbocycles. The van der Waals surface area contributed by atoms with E-state index in [0.717, 1.165) is 6.42 Å². The number of methoxy groups -OCH3 is 1. The topological polar surface area (TPSA) is 93.6 Å². The molecule has 0 unspecified atom stereocenters. The maximum atomic E-state index is 12.8. The first-order valence-electron chi connectivity index (χ1n) is 9.16. The van der Waals surface area contributed by atoms with Crippen LogP contribution in [0.3, 0.4) is 0 Å². The Bertz CT molecular complexity index is 891. The van der Waals surface area contributed by atoms with Gasteiger partial charge >= 0.3 is 0 Å². The first kappa shape index (κ1) is 19.6. The van der Waals surface area contributed by atoms with Gasteiger partial charge in [0, 0.05) is 0 Å². The van der Waals surface area contributed by atoms with Gasteiger partial charge in [0.05, 0.1) is 31.6 Å². The number of nitrogens with one attached hydrogen (secondary N) is 1. The number of rotatable bonds is 9. The summed E-state index contributed by atoms with van der Waals surface area (Å²) in [6, 6.07) is 10.4. The molecule has 0 saturated carbocycles. The minimum Gasteiger partial charge on any atom is -0.495 e. The molecule has 1 atom stereocenters. The van der Waals surface area contributed by atoms with E-state index in [9.17, 15) is 4.79 Å². The van der Waals surface area contributed by atoms with Gasteiger partial charge in [-0.05, 0) is 44.2 Å². The number of ether oxygens (including phenoxy) is 1. The lowest BCUT2D eigenvalue weighted by atomic mass is 10.2. The van der Waals surface area contributed by atoms with Gasteiger partial charge in [-0.3, -0.25) is 9.69 Å². The lowest BCUT2D eigenvalue weighted by Crippen LogP contribution is -2.42. The van der Waals surface area contributed by atoms with Crippen molar-refractivity contribution in [1.82, 2.24) is 15.1 Å². The molecule has 0 aliphatic carbocycles. The Morgan fingerprint density at radius 1 is 1.25 bits per heavy atom. The van der Waals surface area contributed by atoms with Gasteiger partial charge in [-0.15, -0.1) is 10.2 Å². The summed E-state index contributed by atoms with van der Waals surface area (Å²) in [5.41, 5.74) is 0.635. The van der Waals surface area contributed by atoms with Crippen LogP contribution >= 0.6 is 0 Å². The molecule has 2 aromatic heterocycles. The van der Waals surface area contributed by atoms with Crippen LogP contribution in [0.5, 0.6) is 5.75 Å². The average molecular weight is 384 g/mol. The second kappa shape index (κ2) is 9.18. The van der Waals surface area contributed by atoms with E-state index in [0.29, 0.717) is 42.1 Å². The van der Waals surface area contributed by atoms with Crippen molar-refractivity contribution in [3.8, 4) is 17.4 Å². The number of para-hydroxylation sites is 2. The summed E-state index contributed by atoms with van der Waals surface area (Å²) in [6.45, 7) is 4.98. The zero-order valence-electron chi connectivity index (χ0n) is 16.2. The van der Waals surface area contributed by atoms with E-state index in [1.54, 1.807) is 37.6 Å². The number of aromatic nitrogens is 2. The normalized spacial score (nSPS) is 12.1. The third-order valence-corrected chi connectivity index (χ3v) is 4.34. The SMILES string of the molecule is CCCN(Cc1nnc(-c2ccco2)o1)[C@@H](C)C(=O)Nc1ccccc1OC. The fraction of sp³-hybridized carbons (Fsp3) is 0.350. The predicted octanol–water partition coefficient (Wildman–Crippen LogP) is 3.58. The summed E-state index contributed by atoms with van der Waals surface area (Å²) >= 11 is 0. The molecule has 3 rings (SSSR count). The van der Waals surface area contributed by atoms with Crippen molar-refractivity contribution in [2.24, 2.45) is 0 Å². The summed E-state index contributed by atoms with van der Waals surface area (Å²) in [7, 11) is 1.57. The van der Waals surface area contributed by atoms with Crippen molar-refractivity contribution in [2.45, 2.75) is 32.9 Å². The van der Waals surface area contributed by atoms with Crippen molar-refractivity contribution < 1.29 is 18.4 Å². The quantitative estimate of drug-likeness (QED) is 0.603. The molecule has 0 spiro atoms. The Kier molecular flexibility index (Phi) is 6.44. The molecule has 1 amide bonds. The van der Waals surface area contributed by atoms with Crippen molar-refractivity contribution in [3.63, 3.8) is 0 Å². The van der Waals surface area contributed by atoms with E-state index in [1.165, 1.54) is 0 Å². The Morgan fingerprint density at radius 2 is 2.07 bits per heavy atom. The third-order valence-electron chi connectivity index (χ3n) is 4.34. The number of hydrogen-bond donors (Lipinski definition) is 1. The number of hydrogen-bond acceptors (Lipinski definition) is 7. The Morgan fingerprint density at radius 3 is 2.79 bits per heavy atom. The summed E-state index contributed by atoms with van der Waals surface area (Å²) < 4.78 is 16.3. The highest BCUT2D eigenvalue weighted by Crippen LogP contribution is 2.24. The van der Waals surface area contributed by atoms with Crippen molar-refractivity contribution in [2.75, 3.05) is 19.0 Å². The molecular formula is C20H24N4O4. The number of nitrogens with zero attached hydrogens (tertiary/aromatic N) is 3.